The van der Waals surface area contributed by atoms with E-state index < -0.39 is 10.0 Å². The van der Waals surface area contributed by atoms with Gasteiger partial charge in [-0.1, -0.05) is 6.07 Å². The average molecular weight is 315 g/mol. The second kappa shape index (κ2) is 7.31. The van der Waals surface area contributed by atoms with Gasteiger partial charge in [0.25, 0.3) is 0 Å². The molecule has 1 heterocycles. The predicted octanol–water partition coefficient (Wildman–Crippen LogP) is 1.06. The number of rotatable bonds is 6. The lowest BCUT2D eigenvalue weighted by Crippen LogP contribution is -2.45. The summed E-state index contributed by atoms with van der Waals surface area (Å²) in [7, 11) is -3.28. The Kier molecular flexibility index (Phi) is 5.71. The molecule has 2 N–H and O–H groups in total. The van der Waals surface area contributed by atoms with E-state index in [1.807, 2.05) is 24.5 Å². The zero-order chi connectivity index (χ0) is 14.4. The molecule has 1 aliphatic rings. The number of anilines is 1. The summed E-state index contributed by atoms with van der Waals surface area (Å²) < 4.78 is 26.8. The van der Waals surface area contributed by atoms with Crippen LogP contribution < -0.4 is 10.0 Å². The molecule has 0 amide bonds. The van der Waals surface area contributed by atoms with Crippen molar-refractivity contribution in [1.29, 1.82) is 0 Å². The van der Waals surface area contributed by atoms with Gasteiger partial charge in [-0.25, -0.2) is 8.42 Å². The lowest BCUT2D eigenvalue weighted by atomic mass is 10.3. The first-order valence-electron chi connectivity index (χ1n) is 6.67. The summed E-state index contributed by atoms with van der Waals surface area (Å²) in [4.78, 5) is 3.22. The minimum atomic E-state index is -3.28. The van der Waals surface area contributed by atoms with E-state index in [-0.39, 0.29) is 5.75 Å². The molecule has 20 heavy (non-hydrogen) atoms. The normalized spacial score (nSPS) is 17.1. The second-order valence-corrected chi connectivity index (χ2v) is 7.47. The molecule has 0 radical (unpaired) electrons. The number of nitrogens with zero attached hydrogens (tertiary/aromatic N) is 1. The number of hydrogen-bond donors (Lipinski definition) is 2. The Bertz CT molecular complexity index is 528. The standard InChI is InChI=1S/C13H21N3O2S2/c1-19-13-4-2-3-12(11-13)15-20(17,18)10-9-16-7-5-14-6-8-16/h2-4,11,14-15H,5-10H2,1H3. The van der Waals surface area contributed by atoms with Crippen LogP contribution in [0.5, 0.6) is 0 Å². The van der Waals surface area contributed by atoms with Crippen LogP contribution in [-0.2, 0) is 10.0 Å². The Balaban J connectivity index is 1.89. The molecule has 0 aliphatic carbocycles. The van der Waals surface area contributed by atoms with Gasteiger partial charge < -0.3 is 5.32 Å². The van der Waals surface area contributed by atoms with Crippen molar-refractivity contribution in [2.75, 3.05) is 49.5 Å². The van der Waals surface area contributed by atoms with Crippen molar-refractivity contribution in [3.8, 4) is 0 Å². The molecule has 7 heteroatoms. The third-order valence-electron chi connectivity index (χ3n) is 3.23. The van der Waals surface area contributed by atoms with E-state index in [4.69, 9.17) is 0 Å². The zero-order valence-electron chi connectivity index (χ0n) is 11.6. The summed E-state index contributed by atoms with van der Waals surface area (Å²) in [6.45, 7) is 4.28. The van der Waals surface area contributed by atoms with Crippen molar-refractivity contribution in [3.05, 3.63) is 24.3 Å². The Hall–Kier alpha value is -0.760. The molecular weight excluding hydrogens is 294 g/mol. The Morgan fingerprint density at radius 3 is 2.80 bits per heavy atom. The summed E-state index contributed by atoms with van der Waals surface area (Å²) >= 11 is 1.60. The maximum atomic E-state index is 12.1. The van der Waals surface area contributed by atoms with Crippen LogP contribution in [0.25, 0.3) is 0 Å². The minimum Gasteiger partial charge on any atom is -0.314 e. The monoisotopic (exact) mass is 315 g/mol. The van der Waals surface area contributed by atoms with E-state index >= 15 is 0 Å². The van der Waals surface area contributed by atoms with Crippen LogP contribution in [0.4, 0.5) is 5.69 Å². The third kappa shape index (κ3) is 4.97. The number of benzene rings is 1. The lowest BCUT2D eigenvalue weighted by molar-refractivity contribution is 0.254. The highest BCUT2D eigenvalue weighted by Crippen LogP contribution is 2.19. The number of sulfonamides is 1. The maximum Gasteiger partial charge on any atom is 0.233 e. The fraction of sp³-hybridized carbons (Fsp3) is 0.538. The van der Waals surface area contributed by atoms with Crippen LogP contribution >= 0.6 is 11.8 Å². The van der Waals surface area contributed by atoms with Gasteiger partial charge >= 0.3 is 0 Å². The van der Waals surface area contributed by atoms with Gasteiger partial charge in [0.1, 0.15) is 0 Å². The van der Waals surface area contributed by atoms with Gasteiger partial charge in [-0.2, -0.15) is 0 Å². The molecule has 0 saturated carbocycles. The summed E-state index contributed by atoms with van der Waals surface area (Å²) in [5.74, 6) is 0.135. The first-order chi connectivity index (χ1) is 9.59. The predicted molar refractivity (Wildman–Crippen MR) is 84.9 cm³/mol. The molecule has 1 aromatic rings. The quantitative estimate of drug-likeness (QED) is 0.769. The fourth-order valence-electron chi connectivity index (χ4n) is 2.10. The molecule has 1 fully saturated rings. The summed E-state index contributed by atoms with van der Waals surface area (Å²) in [5, 5.41) is 3.26. The zero-order valence-corrected chi connectivity index (χ0v) is 13.3. The van der Waals surface area contributed by atoms with Gasteiger partial charge in [0.2, 0.25) is 10.0 Å². The highest BCUT2D eigenvalue weighted by molar-refractivity contribution is 7.98. The number of hydrogen-bond acceptors (Lipinski definition) is 5. The maximum absolute atomic E-state index is 12.1. The van der Waals surface area contributed by atoms with Crippen LogP contribution in [0.15, 0.2) is 29.2 Å². The van der Waals surface area contributed by atoms with Crippen LogP contribution in [0.2, 0.25) is 0 Å². The van der Waals surface area contributed by atoms with E-state index in [1.54, 1.807) is 17.8 Å². The van der Waals surface area contributed by atoms with Crippen molar-refractivity contribution in [2.24, 2.45) is 0 Å². The SMILES string of the molecule is CSc1cccc(NS(=O)(=O)CCN2CCNCC2)c1. The molecule has 0 aromatic heterocycles. The summed E-state index contributed by atoms with van der Waals surface area (Å²) in [6.07, 6.45) is 1.97. The van der Waals surface area contributed by atoms with E-state index in [0.29, 0.717) is 12.2 Å². The molecule has 0 spiro atoms. The summed E-state index contributed by atoms with van der Waals surface area (Å²) in [5.41, 5.74) is 0.636. The van der Waals surface area contributed by atoms with Crippen LogP contribution in [0.1, 0.15) is 0 Å². The lowest BCUT2D eigenvalue weighted by Gasteiger charge is -2.26. The van der Waals surface area contributed by atoms with E-state index in [0.717, 1.165) is 31.1 Å². The molecule has 5 nitrogen and oxygen atoms in total. The molecule has 112 valence electrons. The van der Waals surface area contributed by atoms with E-state index in [1.165, 1.54) is 0 Å². The highest BCUT2D eigenvalue weighted by atomic mass is 32.2. The van der Waals surface area contributed by atoms with Crippen molar-refractivity contribution in [3.63, 3.8) is 0 Å². The molecular formula is C13H21N3O2S2. The Morgan fingerprint density at radius 2 is 2.10 bits per heavy atom. The van der Waals surface area contributed by atoms with Gasteiger partial charge in [0.05, 0.1) is 5.75 Å². The Labute approximate surface area is 125 Å². The smallest absolute Gasteiger partial charge is 0.233 e. The first-order valence-corrected chi connectivity index (χ1v) is 9.54. The van der Waals surface area contributed by atoms with Crippen LogP contribution in [0, 0.1) is 0 Å². The van der Waals surface area contributed by atoms with Crippen molar-refractivity contribution >= 4 is 27.5 Å². The third-order valence-corrected chi connectivity index (χ3v) is 5.22. The molecule has 0 bridgehead atoms. The van der Waals surface area contributed by atoms with Gasteiger partial charge in [-0.3, -0.25) is 9.62 Å². The minimum absolute atomic E-state index is 0.135. The molecule has 0 atom stereocenters. The molecule has 1 aliphatic heterocycles. The van der Waals surface area contributed by atoms with Crippen molar-refractivity contribution < 1.29 is 8.42 Å². The van der Waals surface area contributed by atoms with Crippen LogP contribution in [0.3, 0.4) is 0 Å². The fourth-order valence-corrected chi connectivity index (χ4v) is 3.65. The van der Waals surface area contributed by atoms with E-state index in [2.05, 4.69) is 14.9 Å². The Morgan fingerprint density at radius 1 is 1.35 bits per heavy atom. The van der Waals surface area contributed by atoms with E-state index in [9.17, 15) is 8.42 Å². The largest absolute Gasteiger partial charge is 0.314 e. The number of thioether (sulfide) groups is 1. The van der Waals surface area contributed by atoms with Gasteiger partial charge in [-0.15, -0.1) is 11.8 Å². The molecule has 1 aromatic carbocycles. The topological polar surface area (TPSA) is 61.4 Å². The number of nitrogens with one attached hydrogen (secondary N) is 2. The molecule has 1 saturated heterocycles. The van der Waals surface area contributed by atoms with Gasteiger partial charge in [0.15, 0.2) is 0 Å². The van der Waals surface area contributed by atoms with Gasteiger partial charge in [0, 0.05) is 43.3 Å². The molecule has 2 rings (SSSR count). The number of piperazine rings is 1. The van der Waals surface area contributed by atoms with Crippen LogP contribution in [-0.4, -0.2) is 58.1 Å². The average Bonchev–Trinajstić information content (AvgIpc) is 2.46. The van der Waals surface area contributed by atoms with Gasteiger partial charge in [-0.05, 0) is 24.5 Å². The highest BCUT2D eigenvalue weighted by Gasteiger charge is 2.15. The van der Waals surface area contributed by atoms with Crippen molar-refractivity contribution in [2.45, 2.75) is 4.90 Å². The van der Waals surface area contributed by atoms with Crippen molar-refractivity contribution in [1.82, 2.24) is 10.2 Å². The summed E-state index contributed by atoms with van der Waals surface area (Å²) in [6, 6.07) is 7.46. The second-order valence-electron chi connectivity index (χ2n) is 4.74. The molecule has 0 unspecified atom stereocenters. The first kappa shape index (κ1) is 15.6.